The van der Waals surface area contributed by atoms with Crippen LogP contribution in [-0.2, 0) is 13.1 Å². The molecule has 1 aromatic rings. The highest BCUT2D eigenvalue weighted by Crippen LogP contribution is 2.33. The normalized spacial score (nSPS) is 32.5. The third-order valence-electron chi connectivity index (χ3n) is 5.01. The van der Waals surface area contributed by atoms with Gasteiger partial charge in [-0.3, -0.25) is 4.90 Å². The van der Waals surface area contributed by atoms with E-state index in [2.05, 4.69) is 34.5 Å². The van der Waals surface area contributed by atoms with Crippen molar-refractivity contribution in [3.8, 4) is 0 Å². The summed E-state index contributed by atoms with van der Waals surface area (Å²) in [7, 11) is 0. The molecule has 2 heterocycles. The van der Waals surface area contributed by atoms with Gasteiger partial charge in [0.25, 0.3) is 0 Å². The number of hydrogen-bond donors (Lipinski definition) is 1. The predicted octanol–water partition coefficient (Wildman–Crippen LogP) is 1.88. The van der Waals surface area contributed by atoms with Gasteiger partial charge in [0.05, 0.1) is 12.6 Å². The van der Waals surface area contributed by atoms with Gasteiger partial charge in [0, 0.05) is 31.5 Å². The van der Waals surface area contributed by atoms with Gasteiger partial charge in [-0.15, -0.1) is 0 Å². The van der Waals surface area contributed by atoms with Crippen LogP contribution in [0.15, 0.2) is 12.4 Å². The first-order chi connectivity index (χ1) is 9.15. The second-order valence-electron chi connectivity index (χ2n) is 6.46. The molecule has 106 valence electrons. The van der Waals surface area contributed by atoms with Crippen molar-refractivity contribution >= 4 is 0 Å². The van der Waals surface area contributed by atoms with E-state index >= 15 is 0 Å². The van der Waals surface area contributed by atoms with Crippen LogP contribution in [0, 0.1) is 11.8 Å². The fourth-order valence-corrected chi connectivity index (χ4v) is 3.64. The Morgan fingerprint density at radius 3 is 2.95 bits per heavy atom. The highest BCUT2D eigenvalue weighted by Gasteiger charge is 2.35. The van der Waals surface area contributed by atoms with Crippen molar-refractivity contribution in [2.75, 3.05) is 6.54 Å². The monoisotopic (exact) mass is 263 g/mol. The summed E-state index contributed by atoms with van der Waals surface area (Å²) in [5, 5.41) is 10.4. The Kier molecular flexibility index (Phi) is 3.63. The maximum absolute atomic E-state index is 10.4. The minimum absolute atomic E-state index is 0.156. The van der Waals surface area contributed by atoms with Crippen LogP contribution in [0.4, 0.5) is 0 Å². The van der Waals surface area contributed by atoms with Gasteiger partial charge in [0.15, 0.2) is 0 Å². The van der Waals surface area contributed by atoms with E-state index in [0.29, 0.717) is 6.04 Å². The summed E-state index contributed by atoms with van der Waals surface area (Å²) in [5.41, 5.74) is 0. The van der Waals surface area contributed by atoms with E-state index < -0.39 is 0 Å². The molecule has 0 radical (unpaired) electrons. The quantitative estimate of drug-likeness (QED) is 0.886. The highest BCUT2D eigenvalue weighted by molar-refractivity contribution is 4.98. The molecule has 3 unspecified atom stereocenters. The van der Waals surface area contributed by atoms with Crippen LogP contribution in [0.25, 0.3) is 0 Å². The first-order valence-corrected chi connectivity index (χ1v) is 7.57. The zero-order valence-electron chi connectivity index (χ0n) is 12.0. The molecule has 4 nitrogen and oxygen atoms in total. The van der Waals surface area contributed by atoms with E-state index in [1.54, 1.807) is 0 Å². The number of aliphatic hydroxyl groups excluding tert-OH is 1. The molecule has 0 saturated heterocycles. The SMILES string of the molecule is CC(C)C1CCC(O)C(N2CCn3ccnc3C2)C1. The van der Waals surface area contributed by atoms with Crippen molar-refractivity contribution < 1.29 is 5.11 Å². The number of nitrogens with zero attached hydrogens (tertiary/aromatic N) is 3. The number of hydrogen-bond acceptors (Lipinski definition) is 3. The maximum Gasteiger partial charge on any atom is 0.122 e. The van der Waals surface area contributed by atoms with Gasteiger partial charge in [-0.2, -0.15) is 0 Å². The van der Waals surface area contributed by atoms with Gasteiger partial charge in [-0.05, 0) is 31.1 Å². The van der Waals surface area contributed by atoms with Crippen molar-refractivity contribution in [2.24, 2.45) is 11.8 Å². The van der Waals surface area contributed by atoms with E-state index in [9.17, 15) is 5.11 Å². The van der Waals surface area contributed by atoms with Crippen molar-refractivity contribution in [3.63, 3.8) is 0 Å². The van der Waals surface area contributed by atoms with E-state index in [1.807, 2.05) is 6.20 Å². The average Bonchev–Trinajstić information content (AvgIpc) is 2.86. The molecule has 19 heavy (non-hydrogen) atoms. The summed E-state index contributed by atoms with van der Waals surface area (Å²) < 4.78 is 2.23. The van der Waals surface area contributed by atoms with Crippen molar-refractivity contribution in [1.29, 1.82) is 0 Å². The fraction of sp³-hybridized carbons (Fsp3) is 0.800. The van der Waals surface area contributed by atoms with Crippen LogP contribution in [-0.4, -0.2) is 38.2 Å². The van der Waals surface area contributed by atoms with Crippen molar-refractivity contribution in [3.05, 3.63) is 18.2 Å². The molecule has 1 aromatic heterocycles. The molecule has 4 heteroatoms. The van der Waals surface area contributed by atoms with Gasteiger partial charge >= 0.3 is 0 Å². The van der Waals surface area contributed by atoms with Crippen molar-refractivity contribution in [2.45, 2.75) is 58.3 Å². The second kappa shape index (κ2) is 5.25. The molecular formula is C15H25N3O. The van der Waals surface area contributed by atoms with E-state index in [0.717, 1.165) is 50.1 Å². The van der Waals surface area contributed by atoms with Gasteiger partial charge in [-0.1, -0.05) is 13.8 Å². The highest BCUT2D eigenvalue weighted by atomic mass is 16.3. The minimum Gasteiger partial charge on any atom is -0.391 e. The van der Waals surface area contributed by atoms with Gasteiger partial charge in [-0.25, -0.2) is 4.98 Å². The first kappa shape index (κ1) is 13.1. The summed E-state index contributed by atoms with van der Waals surface area (Å²) in [4.78, 5) is 6.87. The van der Waals surface area contributed by atoms with E-state index in [4.69, 9.17) is 0 Å². The smallest absolute Gasteiger partial charge is 0.122 e. The van der Waals surface area contributed by atoms with Crippen LogP contribution < -0.4 is 0 Å². The van der Waals surface area contributed by atoms with Gasteiger partial charge in [0.1, 0.15) is 5.82 Å². The number of aromatic nitrogens is 2. The van der Waals surface area contributed by atoms with Crippen LogP contribution in [0.3, 0.4) is 0 Å². The van der Waals surface area contributed by atoms with Gasteiger partial charge < -0.3 is 9.67 Å². The molecule has 0 aromatic carbocycles. The summed E-state index contributed by atoms with van der Waals surface area (Å²) in [6, 6.07) is 0.326. The molecule has 0 bridgehead atoms. The first-order valence-electron chi connectivity index (χ1n) is 7.57. The predicted molar refractivity (Wildman–Crippen MR) is 74.6 cm³/mol. The topological polar surface area (TPSA) is 41.3 Å². The lowest BCUT2D eigenvalue weighted by molar-refractivity contribution is -0.0157. The Morgan fingerprint density at radius 1 is 1.32 bits per heavy atom. The second-order valence-corrected chi connectivity index (χ2v) is 6.46. The Labute approximate surface area is 115 Å². The summed E-state index contributed by atoms with van der Waals surface area (Å²) >= 11 is 0. The van der Waals surface area contributed by atoms with Crippen molar-refractivity contribution in [1.82, 2.24) is 14.5 Å². The zero-order valence-corrected chi connectivity index (χ0v) is 12.0. The standard InChI is InChI=1S/C15H25N3O/c1-11(2)12-3-4-14(19)13(9-12)18-8-7-17-6-5-16-15(17)10-18/h5-6,11-14,19H,3-4,7-10H2,1-2H3. The van der Waals surface area contributed by atoms with Crippen LogP contribution in [0.1, 0.15) is 38.9 Å². The van der Waals surface area contributed by atoms with E-state index in [1.165, 1.54) is 6.42 Å². The fourth-order valence-electron chi connectivity index (χ4n) is 3.64. The maximum atomic E-state index is 10.4. The molecule has 2 aliphatic rings. The zero-order chi connectivity index (χ0) is 13.4. The third kappa shape index (κ3) is 2.56. The molecule has 3 rings (SSSR count). The summed E-state index contributed by atoms with van der Waals surface area (Å²) in [6.45, 7) is 7.55. The Morgan fingerprint density at radius 2 is 2.16 bits per heavy atom. The van der Waals surface area contributed by atoms with Crippen LogP contribution in [0.5, 0.6) is 0 Å². The van der Waals surface area contributed by atoms with E-state index in [-0.39, 0.29) is 6.10 Å². The van der Waals surface area contributed by atoms with Gasteiger partial charge in [0.2, 0.25) is 0 Å². The largest absolute Gasteiger partial charge is 0.391 e. The summed E-state index contributed by atoms with van der Waals surface area (Å²) in [6.07, 6.45) is 7.06. The number of aliphatic hydroxyl groups is 1. The number of imidazole rings is 1. The Bertz CT molecular complexity index is 429. The van der Waals surface area contributed by atoms with Crippen LogP contribution >= 0.6 is 0 Å². The lowest BCUT2D eigenvalue weighted by atomic mass is 9.77. The molecule has 3 atom stereocenters. The average molecular weight is 263 g/mol. The summed E-state index contributed by atoms with van der Waals surface area (Å²) in [5.74, 6) is 2.63. The molecule has 0 spiro atoms. The van der Waals surface area contributed by atoms with Crippen LogP contribution in [0.2, 0.25) is 0 Å². The molecule has 1 saturated carbocycles. The molecule has 1 N–H and O–H groups in total. The molecular weight excluding hydrogens is 238 g/mol. The minimum atomic E-state index is -0.156. The Hall–Kier alpha value is -0.870. The number of rotatable bonds is 2. The molecule has 1 fully saturated rings. The third-order valence-corrected chi connectivity index (χ3v) is 5.01. The number of fused-ring (bicyclic) bond motifs is 1. The lowest BCUT2D eigenvalue weighted by Gasteiger charge is -2.43. The molecule has 1 aliphatic carbocycles. The molecule has 1 aliphatic heterocycles. The lowest BCUT2D eigenvalue weighted by Crippen LogP contribution is -2.50. The molecule has 0 amide bonds. The Balaban J connectivity index is 1.71.